The maximum absolute atomic E-state index is 9.01. The monoisotopic (exact) mass is 139 g/mol. The number of aromatic nitrogens is 1. The highest BCUT2D eigenvalue weighted by Gasteiger charge is 2.04. The van der Waals surface area contributed by atoms with Crippen molar-refractivity contribution in [3.63, 3.8) is 0 Å². The predicted octanol–water partition coefficient (Wildman–Crippen LogP) is -0.0612. The molecule has 0 aliphatic carbocycles. The zero-order valence-electron chi connectivity index (χ0n) is 5.86. The summed E-state index contributed by atoms with van der Waals surface area (Å²) in [4.78, 5) is 0. The van der Waals surface area contributed by atoms with Crippen molar-refractivity contribution in [2.75, 3.05) is 0 Å². The van der Waals surface area contributed by atoms with Crippen molar-refractivity contribution < 1.29 is 10.1 Å². The van der Waals surface area contributed by atoms with E-state index in [9.17, 15) is 0 Å². The van der Waals surface area contributed by atoms with Crippen molar-refractivity contribution in [3.05, 3.63) is 24.0 Å². The van der Waals surface area contributed by atoms with Gasteiger partial charge in [0.2, 0.25) is 0 Å². The average Bonchev–Trinajstić information content (AvgIpc) is 2.34. The molecule has 4 heteroatoms. The van der Waals surface area contributed by atoms with Crippen LogP contribution in [0, 0.1) is 0 Å². The minimum absolute atomic E-state index is 0.0275. The lowest BCUT2D eigenvalue weighted by molar-refractivity contribution is 0.282. The van der Waals surface area contributed by atoms with Crippen LogP contribution in [0.4, 0.5) is 0 Å². The molecule has 1 aromatic heterocycles. The van der Waals surface area contributed by atoms with Gasteiger partial charge < -0.3 is 14.6 Å². The van der Waals surface area contributed by atoms with Gasteiger partial charge >= 0.3 is 7.05 Å². The number of aliphatic hydroxyl groups is 1. The van der Waals surface area contributed by atoms with Crippen LogP contribution in [0.5, 0.6) is 0 Å². The van der Waals surface area contributed by atoms with E-state index in [0.717, 1.165) is 5.56 Å². The Hall–Kier alpha value is -0.735. The summed E-state index contributed by atoms with van der Waals surface area (Å²) in [5.41, 5.74) is 0.820. The Morgan fingerprint density at radius 3 is 2.70 bits per heavy atom. The molecule has 0 radical (unpaired) electrons. The SMILES string of the molecule is CB(O)n1ccc(CO)c1. The summed E-state index contributed by atoms with van der Waals surface area (Å²) in [6.07, 6.45) is 3.45. The molecule has 54 valence electrons. The van der Waals surface area contributed by atoms with Crippen LogP contribution < -0.4 is 0 Å². The van der Waals surface area contributed by atoms with E-state index in [-0.39, 0.29) is 6.61 Å². The summed E-state index contributed by atoms with van der Waals surface area (Å²) in [5.74, 6) is 0. The molecular weight excluding hydrogens is 129 g/mol. The molecule has 0 saturated carbocycles. The maximum Gasteiger partial charge on any atom is 0.413 e. The Balaban J connectivity index is 2.78. The molecule has 10 heavy (non-hydrogen) atoms. The fraction of sp³-hybridized carbons (Fsp3) is 0.333. The van der Waals surface area contributed by atoms with Crippen LogP contribution in [0.2, 0.25) is 6.82 Å². The van der Waals surface area contributed by atoms with Gasteiger partial charge in [-0.25, -0.2) is 0 Å². The molecule has 1 heterocycles. The van der Waals surface area contributed by atoms with E-state index in [1.807, 2.05) is 0 Å². The smallest absolute Gasteiger partial charge is 0.413 e. The zero-order chi connectivity index (χ0) is 7.56. The van der Waals surface area contributed by atoms with Gasteiger partial charge in [0, 0.05) is 0 Å². The Bertz CT molecular complexity index is 209. The molecule has 3 nitrogen and oxygen atoms in total. The first-order valence-electron chi connectivity index (χ1n) is 3.19. The second-order valence-corrected chi connectivity index (χ2v) is 2.26. The molecular formula is C6H10BNO2. The van der Waals surface area contributed by atoms with Gasteiger partial charge in [0.25, 0.3) is 0 Å². The normalized spacial score (nSPS) is 9.90. The first kappa shape index (κ1) is 7.37. The van der Waals surface area contributed by atoms with Crippen LogP contribution >= 0.6 is 0 Å². The third kappa shape index (κ3) is 1.40. The summed E-state index contributed by atoms with van der Waals surface area (Å²) in [5, 5.41) is 17.7. The van der Waals surface area contributed by atoms with Crippen LogP contribution in [0.3, 0.4) is 0 Å². The van der Waals surface area contributed by atoms with Crippen molar-refractivity contribution in [1.82, 2.24) is 4.48 Å². The van der Waals surface area contributed by atoms with Crippen LogP contribution in [-0.2, 0) is 6.61 Å². The number of aliphatic hydroxyl groups excluding tert-OH is 1. The Morgan fingerprint density at radius 2 is 2.40 bits per heavy atom. The second kappa shape index (κ2) is 2.90. The van der Waals surface area contributed by atoms with E-state index in [2.05, 4.69) is 0 Å². The van der Waals surface area contributed by atoms with Crippen LogP contribution in [0.1, 0.15) is 5.56 Å². The van der Waals surface area contributed by atoms with Gasteiger partial charge in [0.1, 0.15) is 0 Å². The third-order valence-electron chi connectivity index (χ3n) is 1.39. The molecule has 0 bridgehead atoms. The molecule has 0 aliphatic heterocycles. The molecule has 2 N–H and O–H groups in total. The predicted molar refractivity (Wildman–Crippen MR) is 39.6 cm³/mol. The van der Waals surface area contributed by atoms with Gasteiger partial charge in [-0.3, -0.25) is 0 Å². The highest BCUT2D eigenvalue weighted by Crippen LogP contribution is 2.00. The van der Waals surface area contributed by atoms with Gasteiger partial charge in [0.05, 0.1) is 6.61 Å². The van der Waals surface area contributed by atoms with E-state index >= 15 is 0 Å². The summed E-state index contributed by atoms with van der Waals surface area (Å²) in [7, 11) is -0.514. The third-order valence-corrected chi connectivity index (χ3v) is 1.39. The highest BCUT2D eigenvalue weighted by molar-refractivity contribution is 6.46. The van der Waals surface area contributed by atoms with E-state index < -0.39 is 7.05 Å². The van der Waals surface area contributed by atoms with E-state index in [1.54, 1.807) is 29.8 Å². The maximum atomic E-state index is 9.01. The number of rotatable bonds is 2. The fourth-order valence-corrected chi connectivity index (χ4v) is 0.785. The standard InChI is InChI=1S/C6H10BNO2/c1-7(10)8-3-2-6(4-8)5-9/h2-4,9-10H,5H2,1H3. The minimum atomic E-state index is -0.514. The molecule has 1 aromatic rings. The van der Waals surface area contributed by atoms with Gasteiger partial charge in [-0.05, 0) is 30.8 Å². The van der Waals surface area contributed by atoms with Gasteiger partial charge in [-0.1, -0.05) is 0 Å². The molecule has 0 amide bonds. The zero-order valence-corrected chi connectivity index (χ0v) is 5.86. The topological polar surface area (TPSA) is 45.4 Å². The molecule has 0 aliphatic rings. The lowest BCUT2D eigenvalue weighted by Crippen LogP contribution is -2.17. The van der Waals surface area contributed by atoms with Crippen molar-refractivity contribution in [2.45, 2.75) is 13.4 Å². The highest BCUT2D eigenvalue weighted by atomic mass is 16.3. The molecule has 0 unspecified atom stereocenters. The number of hydrogen-bond donors (Lipinski definition) is 2. The largest absolute Gasteiger partial charge is 0.432 e. The molecule has 0 aromatic carbocycles. The van der Waals surface area contributed by atoms with E-state index in [4.69, 9.17) is 10.1 Å². The quantitative estimate of drug-likeness (QED) is 0.563. The summed E-state index contributed by atoms with van der Waals surface area (Å²) in [6.45, 7) is 1.70. The van der Waals surface area contributed by atoms with Crippen molar-refractivity contribution in [3.8, 4) is 0 Å². The summed E-state index contributed by atoms with van der Waals surface area (Å²) in [6, 6.07) is 1.77. The summed E-state index contributed by atoms with van der Waals surface area (Å²) < 4.78 is 1.63. The Morgan fingerprint density at radius 1 is 1.70 bits per heavy atom. The van der Waals surface area contributed by atoms with Gasteiger partial charge in [-0.15, -0.1) is 0 Å². The van der Waals surface area contributed by atoms with Crippen LogP contribution in [0.25, 0.3) is 0 Å². The first-order chi connectivity index (χ1) is 4.74. The lowest BCUT2D eigenvalue weighted by Gasteiger charge is -1.98. The fourth-order valence-electron chi connectivity index (χ4n) is 0.785. The number of hydrogen-bond acceptors (Lipinski definition) is 2. The Labute approximate surface area is 60.0 Å². The number of nitrogens with zero attached hydrogens (tertiary/aromatic N) is 1. The molecule has 0 atom stereocenters. The lowest BCUT2D eigenvalue weighted by atomic mass is 9.89. The molecule has 0 spiro atoms. The average molecular weight is 139 g/mol. The van der Waals surface area contributed by atoms with Gasteiger partial charge in [-0.2, -0.15) is 0 Å². The summed E-state index contributed by atoms with van der Waals surface area (Å²) >= 11 is 0. The second-order valence-electron chi connectivity index (χ2n) is 2.26. The minimum Gasteiger partial charge on any atom is -0.432 e. The first-order valence-corrected chi connectivity index (χ1v) is 3.19. The van der Waals surface area contributed by atoms with Crippen LogP contribution in [0.15, 0.2) is 18.5 Å². The van der Waals surface area contributed by atoms with Crippen molar-refractivity contribution in [2.24, 2.45) is 0 Å². The molecule has 0 saturated heterocycles. The van der Waals surface area contributed by atoms with Gasteiger partial charge in [0.15, 0.2) is 0 Å². The van der Waals surface area contributed by atoms with E-state index in [1.165, 1.54) is 0 Å². The molecule has 0 fully saturated rings. The molecule has 1 rings (SSSR count). The van der Waals surface area contributed by atoms with Crippen molar-refractivity contribution in [1.29, 1.82) is 0 Å². The van der Waals surface area contributed by atoms with Crippen LogP contribution in [-0.4, -0.2) is 21.7 Å². The van der Waals surface area contributed by atoms with Crippen molar-refractivity contribution >= 4 is 7.05 Å². The van der Waals surface area contributed by atoms with E-state index in [0.29, 0.717) is 0 Å². The Kier molecular flexibility index (Phi) is 2.14.